The zero-order chi connectivity index (χ0) is 14.1. The van der Waals surface area contributed by atoms with Gasteiger partial charge in [0, 0.05) is 18.1 Å². The van der Waals surface area contributed by atoms with E-state index in [0.29, 0.717) is 5.88 Å². The van der Waals surface area contributed by atoms with E-state index >= 15 is 0 Å². The molecular formula is C15H17N3OS. The van der Waals surface area contributed by atoms with Gasteiger partial charge in [0.05, 0.1) is 0 Å². The average Bonchev–Trinajstić information content (AvgIpc) is 2.96. The second-order valence-corrected chi connectivity index (χ2v) is 5.69. The highest BCUT2D eigenvalue weighted by Gasteiger charge is 2.15. The van der Waals surface area contributed by atoms with Crippen molar-refractivity contribution in [2.24, 2.45) is 0 Å². The third-order valence-corrected chi connectivity index (χ3v) is 3.96. The maximum Gasteiger partial charge on any atom is 0.243 e. The summed E-state index contributed by atoms with van der Waals surface area (Å²) in [5, 5.41) is 5.20. The first-order valence-corrected chi connectivity index (χ1v) is 7.41. The molecule has 0 atom stereocenters. The molecule has 0 saturated carbocycles. The predicted molar refractivity (Wildman–Crippen MR) is 81.8 cm³/mol. The summed E-state index contributed by atoms with van der Waals surface area (Å²) in [5.74, 6) is 1.54. The number of aromatic nitrogens is 2. The van der Waals surface area contributed by atoms with Gasteiger partial charge in [-0.3, -0.25) is 4.40 Å². The number of imidazole rings is 1. The van der Waals surface area contributed by atoms with E-state index in [4.69, 9.17) is 4.74 Å². The largest absolute Gasteiger partial charge is 0.437 e. The Morgan fingerprint density at radius 3 is 2.95 bits per heavy atom. The predicted octanol–water partition coefficient (Wildman–Crippen LogP) is 3.52. The van der Waals surface area contributed by atoms with Gasteiger partial charge in [-0.1, -0.05) is 17.7 Å². The summed E-state index contributed by atoms with van der Waals surface area (Å²) in [6.45, 7) is 4.85. The summed E-state index contributed by atoms with van der Waals surface area (Å²) < 4.78 is 8.10. The molecule has 5 heteroatoms. The molecule has 0 fully saturated rings. The molecule has 0 amide bonds. The van der Waals surface area contributed by atoms with E-state index in [-0.39, 0.29) is 0 Å². The van der Waals surface area contributed by atoms with Gasteiger partial charge in [0.25, 0.3) is 0 Å². The first-order chi connectivity index (χ1) is 9.69. The number of nitrogens with one attached hydrogen (secondary N) is 1. The molecule has 2 aromatic heterocycles. The molecule has 0 saturated heterocycles. The average molecular weight is 287 g/mol. The number of rotatable bonds is 4. The quantitative estimate of drug-likeness (QED) is 0.798. The molecule has 0 aliphatic heterocycles. The minimum absolute atomic E-state index is 0.679. The van der Waals surface area contributed by atoms with E-state index in [1.807, 2.05) is 24.7 Å². The van der Waals surface area contributed by atoms with Crippen molar-refractivity contribution in [2.45, 2.75) is 20.4 Å². The second kappa shape index (κ2) is 5.26. The van der Waals surface area contributed by atoms with Crippen molar-refractivity contribution in [1.82, 2.24) is 14.7 Å². The Hall–Kier alpha value is -1.85. The third kappa shape index (κ3) is 2.30. The van der Waals surface area contributed by atoms with E-state index in [0.717, 1.165) is 28.5 Å². The number of hydrogen-bond acceptors (Lipinski definition) is 4. The fourth-order valence-electron chi connectivity index (χ4n) is 2.24. The van der Waals surface area contributed by atoms with Crippen molar-refractivity contribution in [3.63, 3.8) is 0 Å². The first kappa shape index (κ1) is 13.1. The smallest absolute Gasteiger partial charge is 0.243 e. The van der Waals surface area contributed by atoms with Crippen LogP contribution < -0.4 is 10.1 Å². The highest BCUT2D eigenvalue weighted by molar-refractivity contribution is 7.15. The molecule has 3 aromatic rings. The summed E-state index contributed by atoms with van der Waals surface area (Å²) in [6, 6.07) is 6.17. The van der Waals surface area contributed by atoms with Gasteiger partial charge >= 0.3 is 0 Å². The fraction of sp³-hybridized carbons (Fsp3) is 0.267. The topological polar surface area (TPSA) is 38.6 Å². The van der Waals surface area contributed by atoms with Crippen molar-refractivity contribution in [3.8, 4) is 11.6 Å². The zero-order valence-electron chi connectivity index (χ0n) is 11.8. The van der Waals surface area contributed by atoms with Crippen LogP contribution in [0.15, 0.2) is 29.8 Å². The Morgan fingerprint density at radius 2 is 2.20 bits per heavy atom. The van der Waals surface area contributed by atoms with E-state index in [1.54, 1.807) is 11.3 Å². The maximum absolute atomic E-state index is 6.03. The molecule has 0 aliphatic rings. The first-order valence-electron chi connectivity index (χ1n) is 6.53. The van der Waals surface area contributed by atoms with Gasteiger partial charge < -0.3 is 10.1 Å². The monoisotopic (exact) mass is 287 g/mol. The molecule has 0 radical (unpaired) electrons. The van der Waals surface area contributed by atoms with Crippen LogP contribution >= 0.6 is 11.3 Å². The van der Waals surface area contributed by atoms with Gasteiger partial charge in [-0.25, -0.2) is 0 Å². The number of aryl methyl sites for hydroxylation is 2. The van der Waals surface area contributed by atoms with Crippen molar-refractivity contribution < 1.29 is 4.74 Å². The minimum Gasteiger partial charge on any atom is -0.437 e. The molecular weight excluding hydrogens is 270 g/mol. The highest BCUT2D eigenvalue weighted by atomic mass is 32.1. The van der Waals surface area contributed by atoms with Crippen LogP contribution in [0.1, 0.15) is 16.8 Å². The summed E-state index contributed by atoms with van der Waals surface area (Å²) in [5.41, 5.74) is 3.40. The van der Waals surface area contributed by atoms with Gasteiger partial charge in [0.1, 0.15) is 11.4 Å². The lowest BCUT2D eigenvalue weighted by Gasteiger charge is -2.09. The molecule has 2 heterocycles. The SMILES string of the molecule is CNCc1c(Oc2ccc(C)cc2C)nc2sccn12. The summed E-state index contributed by atoms with van der Waals surface area (Å²) in [6.07, 6.45) is 2.02. The lowest BCUT2D eigenvalue weighted by molar-refractivity contribution is 0.453. The minimum atomic E-state index is 0.679. The number of benzene rings is 1. The maximum atomic E-state index is 6.03. The Labute approximate surface area is 122 Å². The van der Waals surface area contributed by atoms with Crippen LogP contribution in [0.25, 0.3) is 4.96 Å². The fourth-order valence-corrected chi connectivity index (χ4v) is 2.97. The Balaban J connectivity index is 2.01. The van der Waals surface area contributed by atoms with Gasteiger partial charge in [-0.2, -0.15) is 4.98 Å². The number of ether oxygens (including phenoxy) is 1. The van der Waals surface area contributed by atoms with Crippen molar-refractivity contribution in [1.29, 1.82) is 0 Å². The van der Waals surface area contributed by atoms with Gasteiger partial charge in [-0.05, 0) is 32.5 Å². The summed E-state index contributed by atoms with van der Waals surface area (Å²) in [7, 11) is 1.92. The van der Waals surface area contributed by atoms with Crippen LogP contribution in [0.2, 0.25) is 0 Å². The third-order valence-electron chi connectivity index (χ3n) is 3.21. The summed E-state index contributed by atoms with van der Waals surface area (Å²) in [4.78, 5) is 5.52. The van der Waals surface area contributed by atoms with Gasteiger partial charge in [0.15, 0.2) is 4.96 Å². The van der Waals surface area contributed by atoms with Crippen LogP contribution in [0.5, 0.6) is 11.6 Å². The standard InChI is InChI=1S/C15H17N3OS/c1-10-4-5-13(11(2)8-10)19-14-12(9-16-3)18-6-7-20-15(18)17-14/h4-8,16H,9H2,1-3H3. The second-order valence-electron chi connectivity index (χ2n) is 4.82. The Kier molecular flexibility index (Phi) is 3.46. The number of fused-ring (bicyclic) bond motifs is 1. The Bertz CT molecular complexity index is 745. The van der Waals surface area contributed by atoms with Crippen LogP contribution in [-0.4, -0.2) is 16.4 Å². The van der Waals surface area contributed by atoms with Crippen LogP contribution in [0.3, 0.4) is 0 Å². The van der Waals surface area contributed by atoms with Crippen LogP contribution in [-0.2, 0) is 6.54 Å². The lowest BCUT2D eigenvalue weighted by Crippen LogP contribution is -2.08. The molecule has 1 N–H and O–H groups in total. The number of nitrogens with zero attached hydrogens (tertiary/aromatic N) is 2. The molecule has 0 spiro atoms. The molecule has 1 aromatic carbocycles. The van der Waals surface area contributed by atoms with Crippen molar-refractivity contribution in [2.75, 3.05) is 7.05 Å². The van der Waals surface area contributed by atoms with E-state index in [2.05, 4.69) is 40.7 Å². The molecule has 104 valence electrons. The molecule has 4 nitrogen and oxygen atoms in total. The zero-order valence-corrected chi connectivity index (χ0v) is 12.6. The van der Waals surface area contributed by atoms with Crippen molar-refractivity contribution in [3.05, 3.63) is 46.6 Å². The normalized spacial score (nSPS) is 11.2. The molecule has 3 rings (SSSR count). The van der Waals surface area contributed by atoms with Gasteiger partial charge in [-0.15, -0.1) is 11.3 Å². The van der Waals surface area contributed by atoms with Gasteiger partial charge in [0.2, 0.25) is 5.88 Å². The number of thiazole rings is 1. The number of hydrogen-bond donors (Lipinski definition) is 1. The highest BCUT2D eigenvalue weighted by Crippen LogP contribution is 2.30. The van der Waals surface area contributed by atoms with Crippen LogP contribution in [0.4, 0.5) is 0 Å². The van der Waals surface area contributed by atoms with E-state index in [9.17, 15) is 0 Å². The van der Waals surface area contributed by atoms with E-state index < -0.39 is 0 Å². The molecule has 0 unspecified atom stereocenters. The Morgan fingerprint density at radius 1 is 1.35 bits per heavy atom. The molecule has 0 aliphatic carbocycles. The summed E-state index contributed by atoms with van der Waals surface area (Å²) >= 11 is 1.61. The molecule has 20 heavy (non-hydrogen) atoms. The van der Waals surface area contributed by atoms with Crippen LogP contribution in [0, 0.1) is 13.8 Å². The lowest BCUT2D eigenvalue weighted by atomic mass is 10.1. The molecule has 0 bridgehead atoms. The van der Waals surface area contributed by atoms with E-state index in [1.165, 1.54) is 5.56 Å². The van der Waals surface area contributed by atoms with Crippen molar-refractivity contribution >= 4 is 16.3 Å².